The topological polar surface area (TPSA) is 77.7 Å². The Bertz CT molecular complexity index is 885. The smallest absolute Gasteiger partial charge is 0.147 e. The minimum Gasteiger partial charge on any atom is -0.545 e. The first kappa shape index (κ1) is 15.5. The number of halogens is 1. The van der Waals surface area contributed by atoms with Crippen molar-refractivity contribution in [3.8, 4) is 11.3 Å². The molecule has 0 saturated heterocycles. The van der Waals surface area contributed by atoms with Crippen molar-refractivity contribution in [1.29, 1.82) is 0 Å². The lowest BCUT2D eigenvalue weighted by Gasteiger charge is -2.03. The Morgan fingerprint density at radius 3 is 2.54 bits per heavy atom. The van der Waals surface area contributed by atoms with E-state index in [-0.39, 0.29) is 11.4 Å². The third-order valence-electron chi connectivity index (χ3n) is 3.27. The molecule has 1 heterocycles. The molecule has 0 radical (unpaired) electrons. The van der Waals surface area contributed by atoms with Gasteiger partial charge in [0.15, 0.2) is 0 Å². The average molecular weight is 323 g/mol. The zero-order chi connectivity index (χ0) is 16.9. The quantitative estimate of drug-likeness (QED) is 0.578. The number of carboxylic acids is 1. The molecule has 0 aliphatic carbocycles. The van der Waals surface area contributed by atoms with Gasteiger partial charge in [-0.3, -0.25) is 5.43 Å². The summed E-state index contributed by atoms with van der Waals surface area (Å²) in [6.07, 6.45) is 1.44. The fraction of sp³-hybridized carbons (Fsp3) is 0. The minimum atomic E-state index is -1.23. The van der Waals surface area contributed by atoms with Crippen LogP contribution in [0.3, 0.4) is 0 Å². The van der Waals surface area contributed by atoms with Crippen molar-refractivity contribution >= 4 is 17.9 Å². The van der Waals surface area contributed by atoms with Crippen LogP contribution in [0.1, 0.15) is 16.1 Å². The van der Waals surface area contributed by atoms with Gasteiger partial charge in [0, 0.05) is 0 Å². The molecule has 0 bridgehead atoms. The lowest BCUT2D eigenvalue weighted by molar-refractivity contribution is -0.255. The largest absolute Gasteiger partial charge is 0.545 e. The van der Waals surface area contributed by atoms with Gasteiger partial charge >= 0.3 is 0 Å². The maximum Gasteiger partial charge on any atom is 0.147 e. The molecule has 2 aromatic carbocycles. The van der Waals surface area contributed by atoms with E-state index in [2.05, 4.69) is 10.5 Å². The van der Waals surface area contributed by atoms with Crippen LogP contribution in [0.25, 0.3) is 11.3 Å². The summed E-state index contributed by atoms with van der Waals surface area (Å²) < 4.78 is 19.2. The second-order valence-corrected chi connectivity index (χ2v) is 4.92. The predicted molar refractivity (Wildman–Crippen MR) is 86.1 cm³/mol. The second kappa shape index (κ2) is 6.78. The van der Waals surface area contributed by atoms with E-state index in [1.54, 1.807) is 42.5 Å². The highest BCUT2D eigenvalue weighted by atomic mass is 19.1. The van der Waals surface area contributed by atoms with Crippen LogP contribution in [0.4, 0.5) is 10.1 Å². The lowest BCUT2D eigenvalue weighted by Crippen LogP contribution is -2.21. The molecule has 5 nitrogen and oxygen atoms in total. The van der Waals surface area contributed by atoms with E-state index in [1.165, 1.54) is 24.4 Å². The Hall–Kier alpha value is -3.41. The van der Waals surface area contributed by atoms with Crippen molar-refractivity contribution in [3.05, 3.63) is 77.8 Å². The number of carboxylic acid groups (broad SMARTS) is 1. The van der Waals surface area contributed by atoms with Crippen molar-refractivity contribution in [3.63, 3.8) is 0 Å². The molecule has 0 saturated carbocycles. The van der Waals surface area contributed by atoms with E-state index in [4.69, 9.17) is 4.42 Å². The number of aromatic carboxylic acids is 1. The lowest BCUT2D eigenvalue weighted by atomic mass is 10.1. The molecule has 3 rings (SSSR count). The summed E-state index contributed by atoms with van der Waals surface area (Å²) in [5.41, 5.74) is 3.82. The molecule has 0 aliphatic heterocycles. The molecule has 24 heavy (non-hydrogen) atoms. The first-order valence-electron chi connectivity index (χ1n) is 7.09. The standard InChI is InChI=1S/C18H13FN2O3/c19-16-4-2-1-3-15(16)17-10-9-14(24-17)11-20-21-13-7-5-12(6-8-13)18(22)23/h1-11,21H,(H,22,23)/p-1/b20-11-. The van der Waals surface area contributed by atoms with Crippen LogP contribution in [0.2, 0.25) is 0 Å². The number of nitrogens with one attached hydrogen (secondary N) is 1. The van der Waals surface area contributed by atoms with Crippen LogP contribution < -0.4 is 10.5 Å². The summed E-state index contributed by atoms with van der Waals surface area (Å²) in [6.45, 7) is 0. The summed E-state index contributed by atoms with van der Waals surface area (Å²) in [4.78, 5) is 10.7. The number of carbonyl (C=O) groups is 1. The molecular formula is C18H12FN2O3-. The summed E-state index contributed by atoms with van der Waals surface area (Å²) in [6, 6.07) is 15.6. The van der Waals surface area contributed by atoms with E-state index in [0.29, 0.717) is 22.8 Å². The summed E-state index contributed by atoms with van der Waals surface area (Å²) in [7, 11) is 0. The highest BCUT2D eigenvalue weighted by Crippen LogP contribution is 2.24. The first-order chi connectivity index (χ1) is 11.6. The van der Waals surface area contributed by atoms with Gasteiger partial charge in [-0.1, -0.05) is 24.3 Å². The van der Waals surface area contributed by atoms with Gasteiger partial charge in [-0.05, 0) is 42.0 Å². The van der Waals surface area contributed by atoms with Crippen LogP contribution in [0, 0.1) is 5.82 Å². The van der Waals surface area contributed by atoms with Gasteiger partial charge in [0.25, 0.3) is 0 Å². The van der Waals surface area contributed by atoms with Crippen molar-refractivity contribution in [2.75, 3.05) is 5.43 Å². The number of anilines is 1. The number of rotatable bonds is 5. The Kier molecular flexibility index (Phi) is 4.38. The normalized spacial score (nSPS) is 10.9. The maximum absolute atomic E-state index is 13.7. The minimum absolute atomic E-state index is 0.0880. The number of hydrogen-bond donors (Lipinski definition) is 1. The predicted octanol–water partition coefficient (Wildman–Crippen LogP) is 2.90. The van der Waals surface area contributed by atoms with Gasteiger partial charge in [0.2, 0.25) is 0 Å². The van der Waals surface area contributed by atoms with Crippen molar-refractivity contribution in [1.82, 2.24) is 0 Å². The molecule has 0 fully saturated rings. The van der Waals surface area contributed by atoms with Crippen molar-refractivity contribution < 1.29 is 18.7 Å². The zero-order valence-corrected chi connectivity index (χ0v) is 12.4. The van der Waals surface area contributed by atoms with E-state index in [0.717, 1.165) is 0 Å². The number of nitrogens with zero attached hydrogens (tertiary/aromatic N) is 1. The van der Waals surface area contributed by atoms with E-state index in [9.17, 15) is 14.3 Å². The molecule has 0 aliphatic rings. The molecule has 0 unspecified atom stereocenters. The Labute approximate surface area is 137 Å². The van der Waals surface area contributed by atoms with Gasteiger partial charge in [0.1, 0.15) is 17.3 Å². The van der Waals surface area contributed by atoms with Gasteiger partial charge in [0.05, 0.1) is 23.4 Å². The fourth-order valence-corrected chi connectivity index (χ4v) is 2.08. The van der Waals surface area contributed by atoms with Crippen molar-refractivity contribution in [2.24, 2.45) is 5.10 Å². The Balaban J connectivity index is 1.67. The Morgan fingerprint density at radius 1 is 1.08 bits per heavy atom. The Morgan fingerprint density at radius 2 is 1.83 bits per heavy atom. The van der Waals surface area contributed by atoms with Crippen LogP contribution in [-0.4, -0.2) is 12.2 Å². The van der Waals surface area contributed by atoms with Crippen LogP contribution >= 0.6 is 0 Å². The molecule has 6 heteroatoms. The van der Waals surface area contributed by atoms with Gasteiger partial charge in [-0.15, -0.1) is 0 Å². The highest BCUT2D eigenvalue weighted by Gasteiger charge is 2.07. The van der Waals surface area contributed by atoms with E-state index >= 15 is 0 Å². The molecule has 0 spiro atoms. The molecule has 0 amide bonds. The van der Waals surface area contributed by atoms with E-state index < -0.39 is 5.97 Å². The third-order valence-corrected chi connectivity index (χ3v) is 3.27. The van der Waals surface area contributed by atoms with Gasteiger partial charge < -0.3 is 14.3 Å². The summed E-state index contributed by atoms with van der Waals surface area (Å²) >= 11 is 0. The van der Waals surface area contributed by atoms with Gasteiger partial charge in [-0.25, -0.2) is 4.39 Å². The second-order valence-electron chi connectivity index (χ2n) is 4.92. The van der Waals surface area contributed by atoms with Crippen molar-refractivity contribution in [2.45, 2.75) is 0 Å². The zero-order valence-electron chi connectivity index (χ0n) is 12.4. The first-order valence-corrected chi connectivity index (χ1v) is 7.09. The third kappa shape index (κ3) is 3.49. The molecule has 3 aromatic rings. The van der Waals surface area contributed by atoms with Crippen LogP contribution in [0.15, 0.2) is 70.2 Å². The number of carbonyl (C=O) groups excluding carboxylic acids is 1. The summed E-state index contributed by atoms with van der Waals surface area (Å²) in [5.74, 6) is -0.734. The van der Waals surface area contributed by atoms with E-state index in [1.807, 2.05) is 0 Å². The number of hydrazone groups is 1. The van der Waals surface area contributed by atoms with Gasteiger partial charge in [-0.2, -0.15) is 5.10 Å². The molecular weight excluding hydrogens is 311 g/mol. The molecule has 0 atom stereocenters. The highest BCUT2D eigenvalue weighted by molar-refractivity contribution is 5.86. The average Bonchev–Trinajstić information content (AvgIpc) is 3.04. The fourth-order valence-electron chi connectivity index (χ4n) is 2.08. The molecule has 1 N–H and O–H groups in total. The maximum atomic E-state index is 13.7. The number of hydrogen-bond acceptors (Lipinski definition) is 5. The summed E-state index contributed by atoms with van der Waals surface area (Å²) in [5, 5.41) is 14.6. The SMILES string of the molecule is O=C([O-])c1ccc(N/N=C\c2ccc(-c3ccccc3F)o2)cc1. The van der Waals surface area contributed by atoms with Crippen LogP contribution in [-0.2, 0) is 0 Å². The molecule has 1 aromatic heterocycles. The monoisotopic (exact) mass is 323 g/mol. The number of furan rings is 1. The van der Waals surface area contributed by atoms with Crippen LogP contribution in [0.5, 0.6) is 0 Å². The number of benzene rings is 2. The molecule has 120 valence electrons.